The number of fused-ring (bicyclic) bond motifs is 3. The highest BCUT2D eigenvalue weighted by Gasteiger charge is 2.15. The summed E-state index contributed by atoms with van der Waals surface area (Å²) in [6.45, 7) is 0. The molecule has 17 heavy (non-hydrogen) atoms. The summed E-state index contributed by atoms with van der Waals surface area (Å²) in [6, 6.07) is 5.54. The van der Waals surface area contributed by atoms with Crippen molar-refractivity contribution in [1.29, 1.82) is 5.41 Å². The van der Waals surface area contributed by atoms with E-state index in [0.717, 1.165) is 26.6 Å². The molecule has 0 bridgehead atoms. The highest BCUT2D eigenvalue weighted by Crippen LogP contribution is 2.33. The molecule has 84 valence electrons. The van der Waals surface area contributed by atoms with E-state index in [1.807, 2.05) is 18.2 Å². The number of benzene rings is 1. The molecule has 0 saturated heterocycles. The summed E-state index contributed by atoms with van der Waals surface area (Å²) in [6.07, 6.45) is 1.81. The van der Waals surface area contributed by atoms with E-state index in [0.29, 0.717) is 11.4 Å². The molecule has 0 saturated carbocycles. The molecule has 0 aliphatic carbocycles. The maximum Gasteiger partial charge on any atom is 0.146 e. The first-order valence-corrected chi connectivity index (χ1v) is 6.17. The van der Waals surface area contributed by atoms with Crippen LogP contribution >= 0.6 is 22.9 Å². The summed E-state index contributed by atoms with van der Waals surface area (Å²) in [4.78, 5) is 4.48. The molecule has 0 unspecified atom stereocenters. The second-order valence-corrected chi connectivity index (χ2v) is 5.03. The summed E-state index contributed by atoms with van der Waals surface area (Å²) in [5.41, 5.74) is 1.66. The molecule has 0 atom stereocenters. The number of hydrogen-bond acceptors (Lipinski definition) is 5. The molecule has 0 aromatic heterocycles. The second-order valence-electron chi connectivity index (χ2n) is 3.53. The van der Waals surface area contributed by atoms with Crippen LogP contribution in [0, 0.1) is 5.41 Å². The monoisotopic (exact) mass is 262 g/mol. The zero-order valence-corrected chi connectivity index (χ0v) is 10.2. The van der Waals surface area contributed by atoms with Crippen LogP contribution in [0.25, 0.3) is 21.6 Å². The third kappa shape index (κ3) is 1.77. The molecule has 0 radical (unpaired) electrons. The topological polar surface area (TPSA) is 62.5 Å². The fourth-order valence-corrected chi connectivity index (χ4v) is 2.68. The average Bonchev–Trinajstić information content (AvgIpc) is 2.66. The van der Waals surface area contributed by atoms with Crippen molar-refractivity contribution in [3.63, 3.8) is 0 Å². The Morgan fingerprint density at radius 3 is 3.06 bits per heavy atom. The van der Waals surface area contributed by atoms with Gasteiger partial charge in [-0.2, -0.15) is 0 Å². The van der Waals surface area contributed by atoms with E-state index in [9.17, 15) is 0 Å². The van der Waals surface area contributed by atoms with Crippen molar-refractivity contribution < 1.29 is 0 Å². The number of aromatic nitrogens is 3. The van der Waals surface area contributed by atoms with Gasteiger partial charge < -0.3 is 5.41 Å². The maximum atomic E-state index is 7.06. The molecule has 0 fully saturated rings. The largest absolute Gasteiger partial charge is 0.313 e. The van der Waals surface area contributed by atoms with Crippen molar-refractivity contribution in [2.45, 2.75) is 6.42 Å². The average molecular weight is 263 g/mol. The molecular formula is C11H7ClN4S. The van der Waals surface area contributed by atoms with Gasteiger partial charge >= 0.3 is 0 Å². The fraction of sp³-hybridized carbons (Fsp3) is 0.0909. The molecular weight excluding hydrogens is 256 g/mol. The zero-order chi connectivity index (χ0) is 11.8. The van der Waals surface area contributed by atoms with Crippen molar-refractivity contribution in [2.75, 3.05) is 0 Å². The van der Waals surface area contributed by atoms with E-state index >= 15 is 0 Å². The second kappa shape index (κ2) is 4.01. The predicted molar refractivity (Wildman–Crippen MR) is 69.3 cm³/mol. The molecule has 1 aromatic rings. The lowest BCUT2D eigenvalue weighted by Gasteiger charge is -1.97. The minimum absolute atomic E-state index is 0.498. The van der Waals surface area contributed by atoms with Crippen molar-refractivity contribution in [2.24, 2.45) is 0 Å². The summed E-state index contributed by atoms with van der Waals surface area (Å²) < 4.78 is 0. The Bertz CT molecular complexity index is 679. The molecule has 0 spiro atoms. The van der Waals surface area contributed by atoms with Crippen LogP contribution in [-0.2, 0) is 6.42 Å². The molecule has 1 aromatic carbocycles. The van der Waals surface area contributed by atoms with Gasteiger partial charge in [0, 0.05) is 23.0 Å². The minimum atomic E-state index is 0.498. The SMILES string of the molecule is N=CCc1nnc2c3cc(Cl)ccc3nc-2s1. The Morgan fingerprint density at radius 1 is 1.35 bits per heavy atom. The van der Waals surface area contributed by atoms with Gasteiger partial charge in [-0.25, -0.2) is 4.98 Å². The van der Waals surface area contributed by atoms with E-state index in [2.05, 4.69) is 15.2 Å². The van der Waals surface area contributed by atoms with Gasteiger partial charge in [0.05, 0.1) is 5.52 Å². The Balaban J connectivity index is 2.27. The summed E-state index contributed by atoms with van der Waals surface area (Å²) in [7, 11) is 0. The molecule has 4 nitrogen and oxygen atoms in total. The van der Waals surface area contributed by atoms with E-state index in [-0.39, 0.29) is 0 Å². The minimum Gasteiger partial charge on any atom is -0.313 e. The number of halogens is 1. The van der Waals surface area contributed by atoms with E-state index < -0.39 is 0 Å². The summed E-state index contributed by atoms with van der Waals surface area (Å²) in [5.74, 6) is 0. The third-order valence-electron chi connectivity index (χ3n) is 2.39. The van der Waals surface area contributed by atoms with Crippen LogP contribution in [0.1, 0.15) is 5.01 Å². The Hall–Kier alpha value is -1.59. The normalized spacial score (nSPS) is 11.1. The smallest absolute Gasteiger partial charge is 0.146 e. The first kappa shape index (κ1) is 10.6. The van der Waals surface area contributed by atoms with Crippen LogP contribution < -0.4 is 0 Å². The van der Waals surface area contributed by atoms with Gasteiger partial charge in [-0.15, -0.1) is 10.2 Å². The van der Waals surface area contributed by atoms with Crippen LogP contribution in [0.15, 0.2) is 18.2 Å². The van der Waals surface area contributed by atoms with Gasteiger partial charge in [0.25, 0.3) is 0 Å². The maximum absolute atomic E-state index is 7.06. The molecule has 2 aliphatic heterocycles. The lowest BCUT2D eigenvalue weighted by molar-refractivity contribution is 1.01. The molecule has 6 heteroatoms. The van der Waals surface area contributed by atoms with Crippen LogP contribution in [0.4, 0.5) is 0 Å². The van der Waals surface area contributed by atoms with Crippen molar-refractivity contribution in [1.82, 2.24) is 15.2 Å². The highest BCUT2D eigenvalue weighted by atomic mass is 35.5. The highest BCUT2D eigenvalue weighted by molar-refractivity contribution is 7.14. The summed E-state index contributed by atoms with van der Waals surface area (Å²) in [5, 5.41) is 18.5. The quantitative estimate of drug-likeness (QED) is 0.722. The molecule has 0 amide bonds. The first-order chi connectivity index (χ1) is 8.28. The van der Waals surface area contributed by atoms with Gasteiger partial charge in [0.15, 0.2) is 0 Å². The van der Waals surface area contributed by atoms with Gasteiger partial charge in [-0.05, 0) is 18.2 Å². The van der Waals surface area contributed by atoms with Crippen LogP contribution in [0.3, 0.4) is 0 Å². The van der Waals surface area contributed by atoms with Crippen molar-refractivity contribution in [3.8, 4) is 10.7 Å². The van der Waals surface area contributed by atoms with Crippen molar-refractivity contribution >= 4 is 40.1 Å². The van der Waals surface area contributed by atoms with E-state index in [1.165, 1.54) is 17.6 Å². The Morgan fingerprint density at radius 2 is 2.24 bits per heavy atom. The van der Waals surface area contributed by atoms with Gasteiger partial charge in [0.2, 0.25) is 0 Å². The number of nitrogens with one attached hydrogen (secondary N) is 1. The zero-order valence-electron chi connectivity index (χ0n) is 8.64. The molecule has 1 N–H and O–H groups in total. The van der Waals surface area contributed by atoms with Crippen LogP contribution in [-0.4, -0.2) is 21.4 Å². The van der Waals surface area contributed by atoms with Crippen LogP contribution in [0.2, 0.25) is 5.02 Å². The van der Waals surface area contributed by atoms with Crippen molar-refractivity contribution in [3.05, 3.63) is 28.2 Å². The molecule has 2 aliphatic rings. The standard InChI is InChI=1S/C11H7ClN4S/c12-6-1-2-8-7(5-6)10-11(14-8)17-9(3-4-13)15-16-10/h1-2,4-5,13H,3H2. The number of hydrogen-bond donors (Lipinski definition) is 1. The van der Waals surface area contributed by atoms with Gasteiger partial charge in [0.1, 0.15) is 15.7 Å². The number of rotatable bonds is 2. The van der Waals surface area contributed by atoms with E-state index in [4.69, 9.17) is 17.0 Å². The summed E-state index contributed by atoms with van der Waals surface area (Å²) >= 11 is 7.42. The fourth-order valence-electron chi connectivity index (χ4n) is 1.65. The molecule has 2 heterocycles. The van der Waals surface area contributed by atoms with Gasteiger partial charge in [-0.3, -0.25) is 0 Å². The van der Waals surface area contributed by atoms with Crippen LogP contribution in [0.5, 0.6) is 0 Å². The number of nitrogens with zero attached hydrogens (tertiary/aromatic N) is 3. The lowest BCUT2D eigenvalue weighted by Crippen LogP contribution is -1.93. The lowest BCUT2D eigenvalue weighted by atomic mass is 10.2. The third-order valence-corrected chi connectivity index (χ3v) is 3.59. The molecule has 3 rings (SSSR count). The van der Waals surface area contributed by atoms with E-state index in [1.54, 1.807) is 0 Å². The predicted octanol–water partition coefficient (Wildman–Crippen LogP) is 3.04. The first-order valence-electron chi connectivity index (χ1n) is 4.98. The Labute approximate surface area is 106 Å². The van der Waals surface area contributed by atoms with Gasteiger partial charge in [-0.1, -0.05) is 22.9 Å². The Kier molecular flexibility index (Phi) is 2.49.